The number of likely N-dealkylation sites (tertiary alicyclic amines) is 1. The minimum absolute atomic E-state index is 0.0236. The highest BCUT2D eigenvalue weighted by Gasteiger charge is 2.23. The Morgan fingerprint density at radius 1 is 1.56 bits per heavy atom. The standard InChI is InChI=1S/C13H18N2O3/c14-10-2-1-3-12(8-10)18-7-5-13(17)15-6-4-11(16)9-15/h1-3,8,11,16H,4-7,9,14H2/t11-/m1/s1. The third kappa shape index (κ3) is 3.37. The van der Waals surface area contributed by atoms with Crippen LogP contribution in [-0.2, 0) is 4.79 Å². The SMILES string of the molecule is Nc1cccc(OCCC(=O)N2CC[C@@H](O)C2)c1. The number of aliphatic hydroxyl groups is 1. The van der Waals surface area contributed by atoms with Gasteiger partial charge >= 0.3 is 0 Å². The minimum atomic E-state index is -0.371. The van der Waals surface area contributed by atoms with Crippen molar-refractivity contribution in [1.82, 2.24) is 4.90 Å². The molecule has 1 atom stereocenters. The highest BCUT2D eigenvalue weighted by Crippen LogP contribution is 2.15. The molecule has 1 aromatic carbocycles. The number of nitrogens with zero attached hydrogens (tertiary/aromatic N) is 1. The molecule has 5 nitrogen and oxygen atoms in total. The molecule has 18 heavy (non-hydrogen) atoms. The van der Waals surface area contributed by atoms with Crippen molar-refractivity contribution >= 4 is 11.6 Å². The van der Waals surface area contributed by atoms with Crippen LogP contribution in [0.15, 0.2) is 24.3 Å². The van der Waals surface area contributed by atoms with Gasteiger partial charge in [0, 0.05) is 24.8 Å². The summed E-state index contributed by atoms with van der Waals surface area (Å²) in [5.41, 5.74) is 6.26. The Morgan fingerprint density at radius 2 is 2.39 bits per heavy atom. The van der Waals surface area contributed by atoms with E-state index in [2.05, 4.69) is 0 Å². The summed E-state index contributed by atoms with van der Waals surface area (Å²) in [4.78, 5) is 13.4. The molecule has 0 bridgehead atoms. The fourth-order valence-electron chi connectivity index (χ4n) is 1.99. The smallest absolute Gasteiger partial charge is 0.226 e. The maximum Gasteiger partial charge on any atom is 0.226 e. The number of hydrogen-bond acceptors (Lipinski definition) is 4. The molecular formula is C13H18N2O3. The minimum Gasteiger partial charge on any atom is -0.493 e. The number of carbonyl (C=O) groups is 1. The van der Waals surface area contributed by atoms with Crippen LogP contribution in [0.25, 0.3) is 0 Å². The number of hydrogen-bond donors (Lipinski definition) is 2. The van der Waals surface area contributed by atoms with E-state index in [1.54, 1.807) is 23.1 Å². The lowest BCUT2D eigenvalue weighted by molar-refractivity contribution is -0.131. The van der Waals surface area contributed by atoms with Crippen molar-refractivity contribution in [1.29, 1.82) is 0 Å². The normalized spacial score (nSPS) is 18.9. The Balaban J connectivity index is 1.73. The second kappa shape index (κ2) is 5.73. The van der Waals surface area contributed by atoms with Gasteiger partial charge in [0.05, 0.1) is 19.1 Å². The summed E-state index contributed by atoms with van der Waals surface area (Å²) in [5.74, 6) is 0.694. The quantitative estimate of drug-likeness (QED) is 0.769. The molecule has 0 unspecified atom stereocenters. The average Bonchev–Trinajstić information content (AvgIpc) is 2.76. The Hall–Kier alpha value is -1.75. The summed E-state index contributed by atoms with van der Waals surface area (Å²) >= 11 is 0. The molecule has 3 N–H and O–H groups in total. The van der Waals surface area contributed by atoms with Crippen LogP contribution in [0.2, 0.25) is 0 Å². The van der Waals surface area contributed by atoms with Gasteiger partial charge in [-0.2, -0.15) is 0 Å². The van der Waals surface area contributed by atoms with Gasteiger partial charge in [0.1, 0.15) is 5.75 Å². The van der Waals surface area contributed by atoms with Crippen LogP contribution < -0.4 is 10.5 Å². The molecule has 1 amide bonds. The van der Waals surface area contributed by atoms with Crippen molar-refractivity contribution in [3.8, 4) is 5.75 Å². The Kier molecular flexibility index (Phi) is 4.04. The fraction of sp³-hybridized carbons (Fsp3) is 0.462. The number of anilines is 1. The van der Waals surface area contributed by atoms with Gasteiger partial charge in [0.2, 0.25) is 5.91 Å². The van der Waals surface area contributed by atoms with Crippen LogP contribution in [0, 0.1) is 0 Å². The van der Waals surface area contributed by atoms with E-state index in [-0.39, 0.29) is 12.0 Å². The molecule has 0 aliphatic carbocycles. The molecule has 1 aliphatic heterocycles. The van der Waals surface area contributed by atoms with Crippen LogP contribution in [0.1, 0.15) is 12.8 Å². The van der Waals surface area contributed by atoms with E-state index < -0.39 is 0 Å². The van der Waals surface area contributed by atoms with Crippen LogP contribution in [0.4, 0.5) is 5.69 Å². The van der Waals surface area contributed by atoms with Crippen molar-refractivity contribution in [3.05, 3.63) is 24.3 Å². The lowest BCUT2D eigenvalue weighted by Crippen LogP contribution is -2.30. The molecular weight excluding hydrogens is 232 g/mol. The van der Waals surface area contributed by atoms with Crippen molar-refractivity contribution in [3.63, 3.8) is 0 Å². The molecule has 0 saturated carbocycles. The predicted molar refractivity (Wildman–Crippen MR) is 68.2 cm³/mol. The fourth-order valence-corrected chi connectivity index (χ4v) is 1.99. The zero-order chi connectivity index (χ0) is 13.0. The van der Waals surface area contributed by atoms with E-state index in [1.807, 2.05) is 6.07 Å². The molecule has 0 aromatic heterocycles. The Bertz CT molecular complexity index is 422. The molecule has 1 heterocycles. The number of rotatable bonds is 4. The predicted octanol–water partition coefficient (Wildman–Crippen LogP) is 0.631. The van der Waals surface area contributed by atoms with Gasteiger partial charge in [0.15, 0.2) is 0 Å². The van der Waals surface area contributed by atoms with Crippen LogP contribution in [-0.4, -0.2) is 41.7 Å². The molecule has 98 valence electrons. The van der Waals surface area contributed by atoms with Crippen LogP contribution in [0.5, 0.6) is 5.75 Å². The van der Waals surface area contributed by atoms with Crippen LogP contribution in [0.3, 0.4) is 0 Å². The molecule has 1 fully saturated rings. The van der Waals surface area contributed by atoms with Crippen LogP contribution >= 0.6 is 0 Å². The number of ether oxygens (including phenoxy) is 1. The van der Waals surface area contributed by atoms with Crippen molar-refractivity contribution < 1.29 is 14.6 Å². The van der Waals surface area contributed by atoms with E-state index in [0.29, 0.717) is 44.0 Å². The average molecular weight is 250 g/mol. The summed E-state index contributed by atoms with van der Waals surface area (Å²) in [7, 11) is 0. The van der Waals surface area contributed by atoms with Gasteiger partial charge in [0.25, 0.3) is 0 Å². The van der Waals surface area contributed by atoms with Gasteiger partial charge in [-0.05, 0) is 18.6 Å². The lowest BCUT2D eigenvalue weighted by atomic mass is 10.3. The van der Waals surface area contributed by atoms with Crippen molar-refractivity contribution in [2.24, 2.45) is 0 Å². The maximum atomic E-state index is 11.8. The van der Waals surface area contributed by atoms with Crippen molar-refractivity contribution in [2.75, 3.05) is 25.4 Å². The first kappa shape index (κ1) is 12.7. The van der Waals surface area contributed by atoms with E-state index in [4.69, 9.17) is 10.5 Å². The van der Waals surface area contributed by atoms with Gasteiger partial charge in [-0.25, -0.2) is 0 Å². The third-order valence-corrected chi connectivity index (χ3v) is 2.96. The molecule has 0 spiro atoms. The monoisotopic (exact) mass is 250 g/mol. The number of β-amino-alcohol motifs (C(OH)–C–C–N with tert-alkyl or cyclic N) is 1. The number of benzene rings is 1. The topological polar surface area (TPSA) is 75.8 Å². The molecule has 1 aromatic rings. The van der Waals surface area contributed by atoms with E-state index >= 15 is 0 Å². The first-order valence-electron chi connectivity index (χ1n) is 6.09. The summed E-state index contributed by atoms with van der Waals surface area (Å²) in [6.45, 7) is 1.41. The summed E-state index contributed by atoms with van der Waals surface area (Å²) in [5, 5.41) is 9.34. The zero-order valence-electron chi connectivity index (χ0n) is 10.2. The second-order valence-electron chi connectivity index (χ2n) is 4.45. The number of nitrogens with two attached hydrogens (primary N) is 1. The Labute approximate surface area is 106 Å². The Morgan fingerprint density at radius 3 is 3.06 bits per heavy atom. The molecule has 1 aliphatic rings. The molecule has 1 saturated heterocycles. The molecule has 5 heteroatoms. The van der Waals surface area contributed by atoms with Gasteiger partial charge in [-0.15, -0.1) is 0 Å². The number of amides is 1. The van der Waals surface area contributed by atoms with E-state index in [0.717, 1.165) is 0 Å². The lowest BCUT2D eigenvalue weighted by Gasteiger charge is -2.15. The van der Waals surface area contributed by atoms with Gasteiger partial charge < -0.3 is 20.5 Å². The molecule has 0 radical (unpaired) electrons. The van der Waals surface area contributed by atoms with Gasteiger partial charge in [-0.3, -0.25) is 4.79 Å². The summed E-state index contributed by atoms with van der Waals surface area (Å²) in [6, 6.07) is 7.12. The van der Waals surface area contributed by atoms with Crippen molar-refractivity contribution in [2.45, 2.75) is 18.9 Å². The largest absolute Gasteiger partial charge is 0.493 e. The summed E-state index contributed by atoms with van der Waals surface area (Å²) < 4.78 is 5.45. The zero-order valence-corrected chi connectivity index (χ0v) is 10.2. The highest BCUT2D eigenvalue weighted by molar-refractivity contribution is 5.76. The molecule has 2 rings (SSSR count). The number of aliphatic hydroxyl groups excluding tert-OH is 1. The second-order valence-corrected chi connectivity index (χ2v) is 4.45. The maximum absolute atomic E-state index is 11.8. The number of carbonyl (C=O) groups excluding carboxylic acids is 1. The third-order valence-electron chi connectivity index (χ3n) is 2.96. The first-order valence-corrected chi connectivity index (χ1v) is 6.09. The van der Waals surface area contributed by atoms with E-state index in [9.17, 15) is 9.90 Å². The highest BCUT2D eigenvalue weighted by atomic mass is 16.5. The van der Waals surface area contributed by atoms with Gasteiger partial charge in [-0.1, -0.05) is 6.07 Å². The number of nitrogen functional groups attached to an aromatic ring is 1. The van der Waals surface area contributed by atoms with E-state index in [1.165, 1.54) is 0 Å². The summed E-state index contributed by atoms with van der Waals surface area (Å²) in [6.07, 6.45) is 0.618. The first-order chi connectivity index (χ1) is 8.65.